The van der Waals surface area contributed by atoms with Gasteiger partial charge in [-0.1, -0.05) is 48.5 Å². The summed E-state index contributed by atoms with van der Waals surface area (Å²) in [6.45, 7) is 1.79. The third-order valence-corrected chi connectivity index (χ3v) is 4.66. The Morgan fingerprint density at radius 2 is 1.65 bits per heavy atom. The first-order chi connectivity index (χ1) is 15.1. The Morgan fingerprint density at radius 3 is 2.39 bits per heavy atom. The molecule has 3 aromatic carbocycles. The Morgan fingerprint density at radius 1 is 0.935 bits per heavy atom. The number of hydrogen-bond acceptors (Lipinski definition) is 5. The summed E-state index contributed by atoms with van der Waals surface area (Å²) >= 11 is 0. The van der Waals surface area contributed by atoms with E-state index >= 15 is 0 Å². The highest BCUT2D eigenvalue weighted by atomic mass is 16.5. The molecule has 0 saturated heterocycles. The Balaban J connectivity index is 1.73. The van der Waals surface area contributed by atoms with Gasteiger partial charge in [0.05, 0.1) is 18.0 Å². The standard InChI is InChI=1S/C24H19N3O4/c1-2-31-24(30)22-20(15-21(28)27(26-22)19-10-4-3-5-11-19)25-23(29)18-13-12-16-8-6-7-9-17(16)14-18/h3-15H,2H2,1H3,(H,25,29). The maximum absolute atomic E-state index is 12.9. The van der Waals surface area contributed by atoms with E-state index in [1.807, 2.05) is 30.3 Å². The van der Waals surface area contributed by atoms with Crippen molar-refractivity contribution in [2.24, 2.45) is 0 Å². The lowest BCUT2D eigenvalue weighted by Gasteiger charge is -2.12. The summed E-state index contributed by atoms with van der Waals surface area (Å²) in [5.74, 6) is -1.20. The van der Waals surface area contributed by atoms with Crippen LogP contribution in [-0.4, -0.2) is 28.3 Å². The average molecular weight is 413 g/mol. The second-order valence-electron chi connectivity index (χ2n) is 6.73. The van der Waals surface area contributed by atoms with Crippen molar-refractivity contribution in [3.8, 4) is 5.69 Å². The van der Waals surface area contributed by atoms with Crippen molar-refractivity contribution < 1.29 is 14.3 Å². The maximum Gasteiger partial charge on any atom is 0.360 e. The number of ether oxygens (including phenoxy) is 1. The van der Waals surface area contributed by atoms with Gasteiger partial charge in [0.25, 0.3) is 11.5 Å². The number of esters is 1. The van der Waals surface area contributed by atoms with E-state index in [4.69, 9.17) is 4.74 Å². The number of amides is 1. The molecular formula is C24H19N3O4. The number of rotatable bonds is 5. The number of carbonyl (C=O) groups excluding carboxylic acids is 2. The van der Waals surface area contributed by atoms with Crippen molar-refractivity contribution in [1.82, 2.24) is 9.78 Å². The van der Waals surface area contributed by atoms with Crippen LogP contribution in [0.5, 0.6) is 0 Å². The molecule has 0 aliphatic rings. The van der Waals surface area contributed by atoms with Crippen LogP contribution in [0.2, 0.25) is 0 Å². The molecule has 1 aromatic heterocycles. The first-order valence-corrected chi connectivity index (χ1v) is 9.74. The highest BCUT2D eigenvalue weighted by Crippen LogP contribution is 2.19. The van der Waals surface area contributed by atoms with Gasteiger partial charge in [0.15, 0.2) is 5.69 Å². The molecule has 0 aliphatic heterocycles. The molecule has 1 heterocycles. The number of nitrogens with zero attached hydrogens (tertiary/aromatic N) is 2. The van der Waals surface area contributed by atoms with E-state index in [1.54, 1.807) is 49.4 Å². The van der Waals surface area contributed by atoms with Crippen LogP contribution in [0.25, 0.3) is 16.5 Å². The van der Waals surface area contributed by atoms with Crippen LogP contribution in [0.1, 0.15) is 27.8 Å². The first-order valence-electron chi connectivity index (χ1n) is 9.74. The van der Waals surface area contributed by atoms with E-state index in [1.165, 1.54) is 6.07 Å². The molecule has 31 heavy (non-hydrogen) atoms. The third kappa shape index (κ3) is 4.20. The number of fused-ring (bicyclic) bond motifs is 1. The van der Waals surface area contributed by atoms with E-state index < -0.39 is 17.4 Å². The molecule has 0 saturated carbocycles. The zero-order chi connectivity index (χ0) is 21.8. The Bertz CT molecular complexity index is 1330. The van der Waals surface area contributed by atoms with Gasteiger partial charge in [-0.15, -0.1) is 0 Å². The zero-order valence-electron chi connectivity index (χ0n) is 16.7. The van der Waals surface area contributed by atoms with Crippen molar-refractivity contribution in [3.05, 3.63) is 100 Å². The highest BCUT2D eigenvalue weighted by Gasteiger charge is 2.20. The summed E-state index contributed by atoms with van der Waals surface area (Å²) in [7, 11) is 0. The van der Waals surface area contributed by atoms with Gasteiger partial charge < -0.3 is 10.1 Å². The molecule has 0 aliphatic carbocycles. The van der Waals surface area contributed by atoms with Gasteiger partial charge in [0, 0.05) is 11.6 Å². The summed E-state index contributed by atoms with van der Waals surface area (Å²) in [6, 6.07) is 22.8. The SMILES string of the molecule is CCOC(=O)c1nn(-c2ccccc2)c(=O)cc1NC(=O)c1ccc2ccccc2c1. The van der Waals surface area contributed by atoms with Crippen LogP contribution in [0, 0.1) is 0 Å². The summed E-state index contributed by atoms with van der Waals surface area (Å²) in [5.41, 5.74) is 0.229. The fourth-order valence-corrected chi connectivity index (χ4v) is 3.18. The minimum absolute atomic E-state index is 0.00575. The molecule has 0 spiro atoms. The second-order valence-corrected chi connectivity index (χ2v) is 6.73. The fourth-order valence-electron chi connectivity index (χ4n) is 3.18. The van der Waals surface area contributed by atoms with Crippen LogP contribution in [0.4, 0.5) is 5.69 Å². The number of benzene rings is 3. The molecule has 1 amide bonds. The molecule has 7 heteroatoms. The summed E-state index contributed by atoms with van der Waals surface area (Å²) in [4.78, 5) is 38.0. The Kier molecular flexibility index (Phi) is 5.57. The summed E-state index contributed by atoms with van der Waals surface area (Å²) < 4.78 is 6.17. The van der Waals surface area contributed by atoms with E-state index in [0.29, 0.717) is 11.3 Å². The molecule has 0 radical (unpaired) electrons. The fraction of sp³-hybridized carbons (Fsp3) is 0.0833. The zero-order valence-corrected chi connectivity index (χ0v) is 16.7. The van der Waals surface area contributed by atoms with E-state index in [9.17, 15) is 14.4 Å². The van der Waals surface area contributed by atoms with Crippen LogP contribution < -0.4 is 10.9 Å². The summed E-state index contributed by atoms with van der Waals surface area (Å²) in [6.07, 6.45) is 0. The Labute approximate surface area is 177 Å². The normalized spacial score (nSPS) is 10.6. The van der Waals surface area contributed by atoms with E-state index in [2.05, 4.69) is 10.4 Å². The number of nitrogens with one attached hydrogen (secondary N) is 1. The maximum atomic E-state index is 12.9. The van der Waals surface area contributed by atoms with Crippen molar-refractivity contribution in [1.29, 1.82) is 0 Å². The quantitative estimate of drug-likeness (QED) is 0.503. The molecule has 0 unspecified atom stereocenters. The second kappa shape index (κ2) is 8.62. The number of carbonyl (C=O) groups is 2. The molecule has 4 rings (SSSR count). The number of aromatic nitrogens is 2. The highest BCUT2D eigenvalue weighted by molar-refractivity contribution is 6.08. The van der Waals surface area contributed by atoms with Crippen molar-refractivity contribution in [2.75, 3.05) is 11.9 Å². The number of para-hydroxylation sites is 1. The van der Waals surface area contributed by atoms with Crippen LogP contribution in [-0.2, 0) is 4.74 Å². The van der Waals surface area contributed by atoms with Crippen LogP contribution in [0.3, 0.4) is 0 Å². The van der Waals surface area contributed by atoms with E-state index in [0.717, 1.165) is 15.5 Å². The lowest BCUT2D eigenvalue weighted by molar-refractivity contribution is 0.0518. The predicted octanol–water partition coefficient (Wildman–Crippen LogP) is 3.81. The van der Waals surface area contributed by atoms with Gasteiger partial charge in [-0.3, -0.25) is 9.59 Å². The van der Waals surface area contributed by atoms with Crippen LogP contribution >= 0.6 is 0 Å². The largest absolute Gasteiger partial charge is 0.461 e. The molecular weight excluding hydrogens is 394 g/mol. The molecule has 4 aromatic rings. The number of hydrogen-bond donors (Lipinski definition) is 1. The molecule has 1 N–H and O–H groups in total. The van der Waals surface area contributed by atoms with Crippen molar-refractivity contribution >= 4 is 28.3 Å². The smallest absolute Gasteiger partial charge is 0.360 e. The van der Waals surface area contributed by atoms with Crippen molar-refractivity contribution in [2.45, 2.75) is 6.92 Å². The molecule has 0 fully saturated rings. The number of anilines is 1. The minimum Gasteiger partial charge on any atom is -0.461 e. The van der Waals surface area contributed by atoms with Gasteiger partial charge in [0.1, 0.15) is 0 Å². The summed E-state index contributed by atoms with van der Waals surface area (Å²) in [5, 5.41) is 8.71. The molecule has 0 atom stereocenters. The Hall–Kier alpha value is -4.26. The lowest BCUT2D eigenvalue weighted by Crippen LogP contribution is -2.27. The minimum atomic E-state index is -0.735. The molecule has 154 valence electrons. The lowest BCUT2D eigenvalue weighted by atomic mass is 10.1. The molecule has 0 bridgehead atoms. The van der Waals surface area contributed by atoms with Crippen LogP contribution in [0.15, 0.2) is 83.7 Å². The van der Waals surface area contributed by atoms with Crippen molar-refractivity contribution in [3.63, 3.8) is 0 Å². The van der Waals surface area contributed by atoms with E-state index in [-0.39, 0.29) is 18.0 Å². The van der Waals surface area contributed by atoms with Gasteiger partial charge in [-0.2, -0.15) is 9.78 Å². The van der Waals surface area contributed by atoms with Gasteiger partial charge in [-0.05, 0) is 42.0 Å². The average Bonchev–Trinajstić information content (AvgIpc) is 2.79. The first kappa shape index (κ1) is 20.0. The third-order valence-electron chi connectivity index (χ3n) is 4.66. The van der Waals surface area contributed by atoms with Gasteiger partial charge in [-0.25, -0.2) is 4.79 Å². The predicted molar refractivity (Wildman–Crippen MR) is 118 cm³/mol. The van der Waals surface area contributed by atoms with Gasteiger partial charge >= 0.3 is 5.97 Å². The van der Waals surface area contributed by atoms with Gasteiger partial charge in [0.2, 0.25) is 0 Å². The topological polar surface area (TPSA) is 90.3 Å². The molecule has 7 nitrogen and oxygen atoms in total. The monoisotopic (exact) mass is 413 g/mol.